The summed E-state index contributed by atoms with van der Waals surface area (Å²) >= 11 is 0. The molecule has 0 heterocycles. The van der Waals surface area contributed by atoms with E-state index in [2.05, 4.69) is 34.6 Å². The fourth-order valence-electron chi connectivity index (χ4n) is 14.1. The second-order valence-corrected chi connectivity index (χ2v) is 35.5. The van der Waals surface area contributed by atoms with Gasteiger partial charge in [-0.25, -0.2) is 9.13 Å². The van der Waals surface area contributed by atoms with Crippen molar-refractivity contribution in [1.82, 2.24) is 0 Å². The summed E-state index contributed by atoms with van der Waals surface area (Å²) in [6.07, 6.45) is 77.7. The number of aliphatic hydroxyl groups is 1. The topological polar surface area (TPSA) is 237 Å². The third-order valence-electron chi connectivity index (χ3n) is 21.6. The highest BCUT2D eigenvalue weighted by Gasteiger charge is 2.31. The van der Waals surface area contributed by atoms with Crippen LogP contribution in [0.5, 0.6) is 0 Å². The zero-order valence-corrected chi connectivity index (χ0v) is 73.5. The Morgan fingerprint density at radius 1 is 0.257 bits per heavy atom. The van der Waals surface area contributed by atoms with Crippen LogP contribution in [0.15, 0.2) is 0 Å². The van der Waals surface area contributed by atoms with E-state index < -0.39 is 97.5 Å². The van der Waals surface area contributed by atoms with Crippen molar-refractivity contribution in [3.8, 4) is 0 Å². The number of rotatable bonds is 90. The van der Waals surface area contributed by atoms with Gasteiger partial charge in [-0.2, -0.15) is 0 Å². The Bertz CT molecular complexity index is 2070. The SMILES string of the molecule is CCCCCCCCCCCCCCCCCCCCCCC(=O)OC[C@H](COP(=O)(O)OC[C@@H](O)COP(=O)(O)OC[C@@H](COC(=O)CCCCCCCCCCCCCCC)OC(=O)CCCCCCCCCCCCCCCC)OC(=O)CCCCCCCCCCCCCCCCCCCCC(C)CC. The van der Waals surface area contributed by atoms with Crippen LogP contribution < -0.4 is 0 Å². The van der Waals surface area contributed by atoms with E-state index in [0.717, 1.165) is 95.8 Å². The van der Waals surface area contributed by atoms with E-state index in [0.29, 0.717) is 25.7 Å². The Morgan fingerprint density at radius 3 is 0.651 bits per heavy atom. The van der Waals surface area contributed by atoms with E-state index in [-0.39, 0.29) is 25.7 Å². The number of ether oxygens (including phenoxy) is 4. The van der Waals surface area contributed by atoms with Gasteiger partial charge < -0.3 is 33.8 Å². The van der Waals surface area contributed by atoms with Crippen molar-refractivity contribution in [2.75, 3.05) is 39.6 Å². The third kappa shape index (κ3) is 82.4. The molecule has 0 spiro atoms. The molecular formula is C90H176O17P2. The lowest BCUT2D eigenvalue weighted by Gasteiger charge is -2.21. The molecule has 0 aromatic heterocycles. The molecule has 0 aliphatic rings. The van der Waals surface area contributed by atoms with Crippen LogP contribution >= 0.6 is 15.6 Å². The van der Waals surface area contributed by atoms with Gasteiger partial charge in [0, 0.05) is 25.7 Å². The second kappa shape index (κ2) is 82.6. The third-order valence-corrected chi connectivity index (χ3v) is 23.5. The van der Waals surface area contributed by atoms with E-state index >= 15 is 0 Å². The number of aliphatic hydroxyl groups excluding tert-OH is 1. The van der Waals surface area contributed by atoms with Crippen molar-refractivity contribution in [3.05, 3.63) is 0 Å². The summed E-state index contributed by atoms with van der Waals surface area (Å²) in [6.45, 7) is 7.46. The van der Waals surface area contributed by atoms with Gasteiger partial charge in [0.25, 0.3) is 0 Å². The number of unbranched alkanes of at least 4 members (excludes halogenated alkanes) is 61. The van der Waals surface area contributed by atoms with Gasteiger partial charge in [0.1, 0.15) is 19.3 Å². The average molecular weight is 1590 g/mol. The van der Waals surface area contributed by atoms with E-state index in [1.165, 1.54) is 315 Å². The molecule has 0 aromatic carbocycles. The van der Waals surface area contributed by atoms with Crippen LogP contribution in [0.3, 0.4) is 0 Å². The van der Waals surface area contributed by atoms with Gasteiger partial charge in [-0.1, -0.05) is 439 Å². The molecule has 3 N–H and O–H groups in total. The lowest BCUT2D eigenvalue weighted by atomic mass is 9.99. The van der Waals surface area contributed by atoms with Crippen molar-refractivity contribution in [1.29, 1.82) is 0 Å². The highest BCUT2D eigenvalue weighted by Crippen LogP contribution is 2.45. The summed E-state index contributed by atoms with van der Waals surface area (Å²) < 4.78 is 69.0. The van der Waals surface area contributed by atoms with Crippen molar-refractivity contribution in [2.45, 2.75) is 509 Å². The average Bonchev–Trinajstić information content (AvgIpc) is 0.899. The lowest BCUT2D eigenvalue weighted by Crippen LogP contribution is -2.30. The molecule has 0 aliphatic carbocycles. The van der Waals surface area contributed by atoms with Crippen molar-refractivity contribution in [2.24, 2.45) is 5.92 Å². The van der Waals surface area contributed by atoms with Gasteiger partial charge in [-0.3, -0.25) is 37.3 Å². The Kier molecular flexibility index (Phi) is 81.1. The molecule has 0 saturated heterocycles. The molecule has 109 heavy (non-hydrogen) atoms. The Morgan fingerprint density at radius 2 is 0.440 bits per heavy atom. The first kappa shape index (κ1) is 107. The Hall–Kier alpha value is -1.94. The molecule has 0 saturated carbocycles. The van der Waals surface area contributed by atoms with E-state index in [1.807, 2.05) is 0 Å². The smallest absolute Gasteiger partial charge is 0.462 e. The van der Waals surface area contributed by atoms with Crippen LogP contribution in [0.1, 0.15) is 490 Å². The molecule has 0 amide bonds. The minimum absolute atomic E-state index is 0.109. The summed E-state index contributed by atoms with van der Waals surface area (Å²) in [7, 11) is -9.93. The maximum Gasteiger partial charge on any atom is 0.472 e. The Labute approximate surface area is 670 Å². The normalized spacial score (nSPS) is 13.9. The van der Waals surface area contributed by atoms with E-state index in [1.54, 1.807) is 0 Å². The molecule has 0 bridgehead atoms. The zero-order chi connectivity index (χ0) is 79.7. The Balaban J connectivity index is 5.24. The van der Waals surface area contributed by atoms with Crippen LogP contribution in [-0.2, 0) is 65.4 Å². The van der Waals surface area contributed by atoms with Crippen LogP contribution in [0.4, 0.5) is 0 Å². The molecule has 0 radical (unpaired) electrons. The molecule has 6 atom stereocenters. The molecule has 0 aromatic rings. The molecule has 0 fully saturated rings. The molecule has 17 nitrogen and oxygen atoms in total. The molecule has 648 valence electrons. The van der Waals surface area contributed by atoms with Crippen LogP contribution in [0, 0.1) is 5.92 Å². The van der Waals surface area contributed by atoms with Crippen molar-refractivity contribution >= 4 is 39.5 Å². The van der Waals surface area contributed by atoms with Gasteiger partial charge in [0.05, 0.1) is 26.4 Å². The van der Waals surface area contributed by atoms with Gasteiger partial charge in [0.2, 0.25) is 0 Å². The predicted molar refractivity (Wildman–Crippen MR) is 451 cm³/mol. The molecular weight excluding hydrogens is 1410 g/mol. The van der Waals surface area contributed by atoms with Gasteiger partial charge >= 0.3 is 39.5 Å². The lowest BCUT2D eigenvalue weighted by molar-refractivity contribution is -0.161. The summed E-state index contributed by atoms with van der Waals surface area (Å²) in [5, 5.41) is 10.7. The van der Waals surface area contributed by atoms with E-state index in [4.69, 9.17) is 37.0 Å². The van der Waals surface area contributed by atoms with Gasteiger partial charge in [-0.15, -0.1) is 0 Å². The van der Waals surface area contributed by atoms with Crippen molar-refractivity contribution in [3.63, 3.8) is 0 Å². The van der Waals surface area contributed by atoms with Crippen molar-refractivity contribution < 1.29 is 80.2 Å². The summed E-state index contributed by atoms with van der Waals surface area (Å²) in [4.78, 5) is 73.4. The number of phosphoric ester groups is 2. The number of carbonyl (C=O) groups excluding carboxylic acids is 4. The van der Waals surface area contributed by atoms with Crippen LogP contribution in [-0.4, -0.2) is 96.7 Å². The minimum atomic E-state index is -4.97. The summed E-state index contributed by atoms with van der Waals surface area (Å²) in [5.74, 6) is -1.22. The van der Waals surface area contributed by atoms with Gasteiger partial charge in [-0.05, 0) is 31.6 Å². The zero-order valence-electron chi connectivity index (χ0n) is 71.7. The number of hydrogen-bond acceptors (Lipinski definition) is 15. The van der Waals surface area contributed by atoms with Gasteiger partial charge in [0.15, 0.2) is 12.2 Å². The quantitative estimate of drug-likeness (QED) is 0.0222. The number of phosphoric acid groups is 2. The van der Waals surface area contributed by atoms with Crippen LogP contribution in [0.25, 0.3) is 0 Å². The first-order valence-corrected chi connectivity index (χ1v) is 49.7. The monoisotopic (exact) mass is 1590 g/mol. The maximum absolute atomic E-state index is 13.2. The highest BCUT2D eigenvalue weighted by molar-refractivity contribution is 7.47. The largest absolute Gasteiger partial charge is 0.472 e. The minimum Gasteiger partial charge on any atom is -0.462 e. The number of hydrogen-bond donors (Lipinski definition) is 3. The molecule has 0 rings (SSSR count). The van der Waals surface area contributed by atoms with Crippen LogP contribution in [0.2, 0.25) is 0 Å². The first-order valence-electron chi connectivity index (χ1n) is 46.7. The first-order chi connectivity index (χ1) is 53.1. The molecule has 3 unspecified atom stereocenters. The maximum atomic E-state index is 13.2. The van der Waals surface area contributed by atoms with E-state index in [9.17, 15) is 43.2 Å². The summed E-state index contributed by atoms with van der Waals surface area (Å²) in [6, 6.07) is 0. The fraction of sp³-hybridized carbons (Fsp3) is 0.956. The number of esters is 4. The molecule has 0 aliphatic heterocycles. The predicted octanol–water partition coefficient (Wildman–Crippen LogP) is 27.9. The summed E-state index contributed by atoms with van der Waals surface area (Å²) in [5.41, 5.74) is 0. The second-order valence-electron chi connectivity index (χ2n) is 32.6. The number of carbonyl (C=O) groups is 4. The fourth-order valence-corrected chi connectivity index (χ4v) is 15.7. The molecule has 19 heteroatoms. The standard InChI is InChI=1S/C90H176O17P2/c1-6-10-13-16-19-22-25-28-30-31-32-33-37-40-45-49-54-59-64-69-74-88(93)101-80-86(107-90(95)76-71-66-61-56-51-46-41-38-35-34-36-39-43-47-52-57-62-67-72-83(5)9-4)82-105-109(98,99)103-78-84(91)77-102-108(96,97)104-81-85(79-100-87(92)73-68-63-58-53-48-42-27-24-21-18-15-12-8-3)106-89(94)75-70-65-60-55-50-44-29-26-23-20-17-14-11-7-2/h83-86,91H,6-82H2,1-5H3,(H,96,97)(H,98,99)/t83?,84-,85+,86+/m0/s1. The highest BCUT2D eigenvalue weighted by atomic mass is 31.2.